The van der Waals surface area contributed by atoms with Crippen molar-refractivity contribution in [3.8, 4) is 0 Å². The molecule has 0 amide bonds. The van der Waals surface area contributed by atoms with Crippen molar-refractivity contribution in [1.82, 2.24) is 5.48 Å². The summed E-state index contributed by atoms with van der Waals surface area (Å²) in [6, 6.07) is 0. The van der Waals surface area contributed by atoms with E-state index in [2.05, 4.69) is 31.0 Å². The summed E-state index contributed by atoms with van der Waals surface area (Å²) in [5, 5.41) is -0.574. The second-order valence-corrected chi connectivity index (χ2v) is 4.74. The molecule has 0 fully saturated rings. The monoisotopic (exact) mass is 276 g/mol. The molecule has 5 heteroatoms. The van der Waals surface area contributed by atoms with E-state index in [4.69, 9.17) is 16.4 Å². The fraction of sp³-hybridized carbons (Fsp3) is 0.615. The van der Waals surface area contributed by atoms with E-state index in [-0.39, 0.29) is 5.83 Å². The summed E-state index contributed by atoms with van der Waals surface area (Å²) in [6.45, 7) is 11.3. The molecule has 0 aliphatic heterocycles. The predicted molar refractivity (Wildman–Crippen MR) is 75.3 cm³/mol. The smallest absolute Gasteiger partial charge is 0.149 e. The average Bonchev–Trinajstić information content (AvgIpc) is 2.32. The number of alkyl halides is 1. The second kappa shape index (κ2) is 9.11. The van der Waals surface area contributed by atoms with Crippen molar-refractivity contribution >= 4 is 18.3 Å². The quantitative estimate of drug-likeness (QED) is 0.413. The van der Waals surface area contributed by atoms with E-state index in [1.165, 1.54) is 13.0 Å². The molecule has 1 N–H and O–H groups in total. The standard InChI is InChI=1S/C13H22ClFN2O/c1-6-9(2)8-18-17-13(16-5)11(4)12(14)7-10(3)15/h7,9,12,17H,5-6,8H2,1-4H3/b10-7?,13-11-. The van der Waals surface area contributed by atoms with E-state index in [1.807, 2.05) is 0 Å². The molecule has 0 aliphatic carbocycles. The van der Waals surface area contributed by atoms with Crippen molar-refractivity contribution in [2.75, 3.05) is 6.61 Å². The van der Waals surface area contributed by atoms with Crippen LogP contribution in [0.4, 0.5) is 4.39 Å². The van der Waals surface area contributed by atoms with Crippen LogP contribution in [0.2, 0.25) is 0 Å². The first kappa shape index (κ1) is 17.1. The van der Waals surface area contributed by atoms with Crippen molar-refractivity contribution in [3.05, 3.63) is 23.3 Å². The molecule has 2 unspecified atom stereocenters. The average molecular weight is 277 g/mol. The number of hydrogen-bond acceptors (Lipinski definition) is 3. The molecule has 0 heterocycles. The first-order valence-electron chi connectivity index (χ1n) is 5.95. The van der Waals surface area contributed by atoms with Crippen LogP contribution in [0.5, 0.6) is 0 Å². The number of halogens is 2. The van der Waals surface area contributed by atoms with Gasteiger partial charge in [-0.2, -0.15) is 0 Å². The van der Waals surface area contributed by atoms with Crippen molar-refractivity contribution in [2.45, 2.75) is 39.5 Å². The summed E-state index contributed by atoms with van der Waals surface area (Å²) in [7, 11) is 0. The van der Waals surface area contributed by atoms with E-state index in [9.17, 15) is 4.39 Å². The lowest BCUT2D eigenvalue weighted by molar-refractivity contribution is 0.0379. The van der Waals surface area contributed by atoms with Crippen LogP contribution in [-0.2, 0) is 4.84 Å². The van der Waals surface area contributed by atoms with Gasteiger partial charge in [-0.15, -0.1) is 11.6 Å². The first-order chi connectivity index (χ1) is 8.42. The lowest BCUT2D eigenvalue weighted by atomic mass is 10.1. The zero-order valence-corrected chi connectivity index (χ0v) is 12.2. The lowest BCUT2D eigenvalue weighted by Crippen LogP contribution is -2.20. The van der Waals surface area contributed by atoms with Gasteiger partial charge in [0.2, 0.25) is 0 Å². The molecule has 0 saturated heterocycles. The first-order valence-corrected chi connectivity index (χ1v) is 6.39. The van der Waals surface area contributed by atoms with Gasteiger partial charge < -0.3 is 0 Å². The van der Waals surface area contributed by atoms with E-state index in [0.29, 0.717) is 23.9 Å². The van der Waals surface area contributed by atoms with Gasteiger partial charge in [-0.3, -0.25) is 4.84 Å². The molecule has 3 nitrogen and oxygen atoms in total. The van der Waals surface area contributed by atoms with Crippen molar-refractivity contribution in [2.24, 2.45) is 10.9 Å². The molecule has 0 saturated carbocycles. The third-order valence-electron chi connectivity index (χ3n) is 2.55. The molecule has 104 valence electrons. The minimum atomic E-state index is -0.574. The summed E-state index contributed by atoms with van der Waals surface area (Å²) in [4.78, 5) is 9.10. The molecule has 0 rings (SSSR count). The van der Waals surface area contributed by atoms with Gasteiger partial charge in [-0.1, -0.05) is 20.3 Å². The molecular weight excluding hydrogens is 255 g/mol. The molecule has 0 bridgehead atoms. The molecule has 0 aromatic rings. The Balaban J connectivity index is 4.54. The maximum Gasteiger partial charge on any atom is 0.149 e. The minimum absolute atomic E-state index is 0.335. The van der Waals surface area contributed by atoms with E-state index < -0.39 is 5.38 Å². The van der Waals surface area contributed by atoms with Crippen molar-refractivity contribution in [3.63, 3.8) is 0 Å². The van der Waals surface area contributed by atoms with Gasteiger partial charge in [-0.05, 0) is 38.1 Å². The van der Waals surface area contributed by atoms with Gasteiger partial charge in [0.15, 0.2) is 0 Å². The Hall–Kier alpha value is -0.870. The van der Waals surface area contributed by atoms with Crippen LogP contribution in [0.25, 0.3) is 0 Å². The summed E-state index contributed by atoms with van der Waals surface area (Å²) >= 11 is 6.01. The third kappa shape index (κ3) is 6.77. The minimum Gasteiger partial charge on any atom is -0.274 e. The summed E-state index contributed by atoms with van der Waals surface area (Å²) in [6.07, 6.45) is 2.33. The Bertz CT molecular complexity index is 325. The van der Waals surface area contributed by atoms with Crippen LogP contribution < -0.4 is 5.48 Å². The number of hydrogen-bond donors (Lipinski definition) is 1. The van der Waals surface area contributed by atoms with Crippen LogP contribution in [-0.4, -0.2) is 18.7 Å². The van der Waals surface area contributed by atoms with Gasteiger partial charge in [0, 0.05) is 0 Å². The Labute approximate surface area is 114 Å². The van der Waals surface area contributed by atoms with E-state index in [1.54, 1.807) is 6.92 Å². The molecule has 0 spiro atoms. The highest BCUT2D eigenvalue weighted by atomic mass is 35.5. The highest BCUT2D eigenvalue weighted by Gasteiger charge is 2.10. The molecular formula is C13H22ClFN2O. The number of nitrogens with zero attached hydrogens (tertiary/aromatic N) is 1. The summed E-state index contributed by atoms with van der Waals surface area (Å²) < 4.78 is 12.7. The summed E-state index contributed by atoms with van der Waals surface area (Å²) in [5.74, 6) is 0.540. The zero-order valence-electron chi connectivity index (χ0n) is 11.5. The van der Waals surface area contributed by atoms with Gasteiger partial charge in [0.25, 0.3) is 0 Å². The molecule has 18 heavy (non-hydrogen) atoms. The highest BCUT2D eigenvalue weighted by Crippen LogP contribution is 2.17. The highest BCUT2D eigenvalue weighted by molar-refractivity contribution is 6.23. The topological polar surface area (TPSA) is 33.6 Å². The van der Waals surface area contributed by atoms with E-state index >= 15 is 0 Å². The van der Waals surface area contributed by atoms with Crippen LogP contribution in [0.3, 0.4) is 0 Å². The Morgan fingerprint density at radius 3 is 2.61 bits per heavy atom. The maximum atomic E-state index is 12.7. The predicted octanol–water partition coefficient (Wildman–Crippen LogP) is 3.97. The van der Waals surface area contributed by atoms with Crippen LogP contribution in [0.15, 0.2) is 28.3 Å². The number of rotatable bonds is 8. The SMILES string of the molecule is C=N/C(NOCC(C)CC)=C(\C)C(Cl)C=C(C)F. The number of allylic oxidation sites excluding steroid dienone is 3. The zero-order chi connectivity index (χ0) is 14.1. The van der Waals surface area contributed by atoms with Gasteiger partial charge in [-0.25, -0.2) is 14.9 Å². The normalized spacial score (nSPS) is 16.9. The van der Waals surface area contributed by atoms with Crippen LogP contribution in [0, 0.1) is 5.92 Å². The van der Waals surface area contributed by atoms with Gasteiger partial charge >= 0.3 is 0 Å². The maximum absolute atomic E-state index is 12.7. The Morgan fingerprint density at radius 2 is 2.17 bits per heavy atom. The second-order valence-electron chi connectivity index (χ2n) is 4.27. The number of hydroxylamine groups is 1. The summed E-state index contributed by atoms with van der Waals surface area (Å²) in [5.41, 5.74) is 3.36. The fourth-order valence-corrected chi connectivity index (χ4v) is 1.34. The Morgan fingerprint density at radius 1 is 1.56 bits per heavy atom. The molecule has 2 atom stereocenters. The van der Waals surface area contributed by atoms with Crippen LogP contribution in [0.1, 0.15) is 34.1 Å². The fourth-order valence-electron chi connectivity index (χ4n) is 1.06. The number of aliphatic imine (C=N–C) groups is 1. The largest absolute Gasteiger partial charge is 0.274 e. The van der Waals surface area contributed by atoms with Gasteiger partial charge in [0.1, 0.15) is 5.82 Å². The van der Waals surface area contributed by atoms with E-state index in [0.717, 1.165) is 6.42 Å². The Kier molecular flexibility index (Phi) is 8.67. The number of nitrogens with one attached hydrogen (secondary N) is 1. The lowest BCUT2D eigenvalue weighted by Gasteiger charge is -2.14. The molecule has 0 radical (unpaired) electrons. The van der Waals surface area contributed by atoms with Gasteiger partial charge in [0.05, 0.1) is 17.8 Å². The third-order valence-corrected chi connectivity index (χ3v) is 3.01. The van der Waals surface area contributed by atoms with Crippen molar-refractivity contribution < 1.29 is 9.23 Å². The van der Waals surface area contributed by atoms with Crippen molar-refractivity contribution in [1.29, 1.82) is 0 Å². The molecule has 0 aliphatic rings. The van der Waals surface area contributed by atoms with Crippen LogP contribution >= 0.6 is 11.6 Å². The molecule has 0 aromatic carbocycles. The molecule has 0 aromatic heterocycles.